The van der Waals surface area contributed by atoms with Gasteiger partial charge in [-0.1, -0.05) is 41.1 Å². The van der Waals surface area contributed by atoms with E-state index < -0.39 is 6.03 Å². The highest BCUT2D eigenvalue weighted by molar-refractivity contribution is 9.10. The first-order valence-corrected chi connectivity index (χ1v) is 7.32. The molecule has 0 aliphatic heterocycles. The summed E-state index contributed by atoms with van der Waals surface area (Å²) in [5.41, 5.74) is 6.06. The van der Waals surface area contributed by atoms with Crippen LogP contribution >= 0.6 is 15.9 Å². The molecule has 0 aromatic heterocycles. The third kappa shape index (κ3) is 4.94. The molecule has 3 N–H and O–H groups in total. The Bertz CT molecular complexity index is 479. The summed E-state index contributed by atoms with van der Waals surface area (Å²) in [6.45, 7) is 4.98. The zero-order chi connectivity index (χ0) is 15.1. The van der Waals surface area contributed by atoms with Gasteiger partial charge in [-0.3, -0.25) is 15.0 Å². The Balaban J connectivity index is 2.82. The minimum absolute atomic E-state index is 0.0594. The Kier molecular flexibility index (Phi) is 6.67. The van der Waals surface area contributed by atoms with Crippen LogP contribution in [-0.4, -0.2) is 29.9 Å². The zero-order valence-electron chi connectivity index (χ0n) is 11.7. The van der Waals surface area contributed by atoms with Gasteiger partial charge >= 0.3 is 6.03 Å². The van der Waals surface area contributed by atoms with Gasteiger partial charge in [0.2, 0.25) is 5.91 Å². The minimum atomic E-state index is -0.819. The lowest BCUT2D eigenvalue weighted by Gasteiger charge is -2.29. The number of urea groups is 1. The molecule has 110 valence electrons. The molecule has 0 fully saturated rings. The molecule has 0 bridgehead atoms. The van der Waals surface area contributed by atoms with Gasteiger partial charge in [0.05, 0.1) is 6.54 Å². The van der Waals surface area contributed by atoms with Gasteiger partial charge in [-0.2, -0.15) is 0 Å². The molecule has 0 spiro atoms. The number of nitrogens with two attached hydrogens (primary N) is 1. The largest absolute Gasteiger partial charge is 0.351 e. The smallest absolute Gasteiger partial charge is 0.318 e. The van der Waals surface area contributed by atoms with Crippen LogP contribution in [0.5, 0.6) is 0 Å². The van der Waals surface area contributed by atoms with Crippen LogP contribution in [-0.2, 0) is 4.79 Å². The maximum atomic E-state index is 11.7. The molecule has 0 heterocycles. The summed E-state index contributed by atoms with van der Waals surface area (Å²) in [5.74, 6) is -0.384. The first kappa shape index (κ1) is 16.7. The molecule has 3 amide bonds. The van der Waals surface area contributed by atoms with Crippen LogP contribution in [0.3, 0.4) is 0 Å². The highest BCUT2D eigenvalue weighted by Crippen LogP contribution is 2.27. The van der Waals surface area contributed by atoms with Crippen LogP contribution in [0.1, 0.15) is 31.9 Å². The molecule has 1 aromatic carbocycles. The molecule has 0 radical (unpaired) electrons. The number of hydrogen-bond donors (Lipinski definition) is 2. The number of nitrogens with zero attached hydrogens (tertiary/aromatic N) is 1. The Morgan fingerprint density at radius 2 is 2.05 bits per heavy atom. The normalized spacial score (nSPS) is 12.2. The topological polar surface area (TPSA) is 75.4 Å². The van der Waals surface area contributed by atoms with Crippen LogP contribution in [0.15, 0.2) is 28.7 Å². The fourth-order valence-electron chi connectivity index (χ4n) is 2.07. The van der Waals surface area contributed by atoms with E-state index in [1.807, 2.05) is 43.0 Å². The van der Waals surface area contributed by atoms with Crippen molar-refractivity contribution < 1.29 is 9.59 Å². The van der Waals surface area contributed by atoms with Gasteiger partial charge in [-0.25, -0.2) is 4.79 Å². The number of primary amides is 1. The van der Waals surface area contributed by atoms with Gasteiger partial charge in [0, 0.05) is 10.5 Å². The maximum absolute atomic E-state index is 11.7. The average molecular weight is 342 g/mol. The monoisotopic (exact) mass is 341 g/mol. The molecule has 0 aliphatic carbocycles. The van der Waals surface area contributed by atoms with Gasteiger partial charge in [0.25, 0.3) is 0 Å². The Hall–Kier alpha value is -1.40. The Morgan fingerprint density at radius 1 is 1.40 bits per heavy atom. The van der Waals surface area contributed by atoms with E-state index >= 15 is 0 Å². The van der Waals surface area contributed by atoms with Crippen LogP contribution in [0.4, 0.5) is 4.79 Å². The number of amides is 3. The molecule has 6 heteroatoms. The first-order valence-electron chi connectivity index (χ1n) is 6.53. The van der Waals surface area contributed by atoms with Crippen LogP contribution in [0, 0.1) is 0 Å². The average Bonchev–Trinajstić information content (AvgIpc) is 2.37. The van der Waals surface area contributed by atoms with E-state index in [0.29, 0.717) is 0 Å². The molecule has 0 saturated heterocycles. The number of rotatable bonds is 6. The second-order valence-electron chi connectivity index (χ2n) is 4.58. The third-order valence-corrected chi connectivity index (χ3v) is 3.75. The van der Waals surface area contributed by atoms with Crippen LogP contribution in [0.2, 0.25) is 0 Å². The van der Waals surface area contributed by atoms with Gasteiger partial charge in [-0.05, 0) is 31.5 Å². The molecule has 0 aliphatic rings. The first-order chi connectivity index (χ1) is 9.45. The van der Waals surface area contributed by atoms with Gasteiger partial charge in [0.1, 0.15) is 0 Å². The van der Waals surface area contributed by atoms with E-state index in [1.165, 1.54) is 0 Å². The number of imide groups is 1. The van der Waals surface area contributed by atoms with Crippen molar-refractivity contribution in [2.24, 2.45) is 5.73 Å². The Labute approximate surface area is 127 Å². The fourth-order valence-corrected chi connectivity index (χ4v) is 2.68. The Morgan fingerprint density at radius 3 is 2.60 bits per heavy atom. The second kappa shape index (κ2) is 8.01. The SMILES string of the molecule is CCCN(CC(=O)NC(N)=O)C(C)c1ccccc1Br. The lowest BCUT2D eigenvalue weighted by atomic mass is 10.1. The number of nitrogens with one attached hydrogen (secondary N) is 1. The summed E-state index contributed by atoms with van der Waals surface area (Å²) in [7, 11) is 0. The van der Waals surface area contributed by atoms with Crippen molar-refractivity contribution in [2.45, 2.75) is 26.3 Å². The maximum Gasteiger partial charge on any atom is 0.318 e. The summed E-state index contributed by atoms with van der Waals surface area (Å²) < 4.78 is 1.00. The van der Waals surface area contributed by atoms with Crippen molar-refractivity contribution in [3.63, 3.8) is 0 Å². The predicted octanol–water partition coefficient (Wildman–Crippen LogP) is 2.42. The zero-order valence-corrected chi connectivity index (χ0v) is 13.3. The van der Waals surface area contributed by atoms with E-state index in [9.17, 15) is 9.59 Å². The standard InChI is InChI=1S/C14H20BrN3O2/c1-3-8-18(9-13(19)17-14(16)20)10(2)11-6-4-5-7-12(11)15/h4-7,10H,3,8-9H2,1-2H3,(H3,16,17,19,20). The molecular formula is C14H20BrN3O2. The third-order valence-electron chi connectivity index (χ3n) is 3.02. The molecule has 1 unspecified atom stereocenters. The quantitative estimate of drug-likeness (QED) is 0.834. The van der Waals surface area contributed by atoms with E-state index in [-0.39, 0.29) is 18.5 Å². The van der Waals surface area contributed by atoms with Crippen molar-refractivity contribution in [1.29, 1.82) is 0 Å². The molecule has 5 nitrogen and oxygen atoms in total. The minimum Gasteiger partial charge on any atom is -0.351 e. The van der Waals surface area contributed by atoms with Crippen molar-refractivity contribution in [3.05, 3.63) is 34.3 Å². The van der Waals surface area contributed by atoms with E-state index in [1.54, 1.807) is 0 Å². The van der Waals surface area contributed by atoms with Gasteiger partial charge in [-0.15, -0.1) is 0 Å². The summed E-state index contributed by atoms with van der Waals surface area (Å²) in [5, 5.41) is 2.10. The molecule has 0 saturated carbocycles. The molecule has 20 heavy (non-hydrogen) atoms. The van der Waals surface area contributed by atoms with Gasteiger partial charge < -0.3 is 5.73 Å². The van der Waals surface area contributed by atoms with Crippen LogP contribution < -0.4 is 11.1 Å². The summed E-state index contributed by atoms with van der Waals surface area (Å²) in [6, 6.07) is 7.14. The molecule has 1 rings (SSSR count). The van der Waals surface area contributed by atoms with Crippen molar-refractivity contribution in [2.75, 3.05) is 13.1 Å². The number of carbonyl (C=O) groups is 2. The van der Waals surface area contributed by atoms with Gasteiger partial charge in [0.15, 0.2) is 0 Å². The summed E-state index contributed by atoms with van der Waals surface area (Å²) in [6.07, 6.45) is 0.915. The second-order valence-corrected chi connectivity index (χ2v) is 5.43. The van der Waals surface area contributed by atoms with E-state index in [0.717, 1.165) is 23.0 Å². The lowest BCUT2D eigenvalue weighted by Crippen LogP contribution is -2.43. The van der Waals surface area contributed by atoms with Crippen LogP contribution in [0.25, 0.3) is 0 Å². The predicted molar refractivity (Wildman–Crippen MR) is 82.1 cm³/mol. The number of carbonyl (C=O) groups excluding carboxylic acids is 2. The van der Waals surface area contributed by atoms with Crippen molar-refractivity contribution >= 4 is 27.9 Å². The summed E-state index contributed by atoms with van der Waals surface area (Å²) in [4.78, 5) is 24.4. The van der Waals surface area contributed by atoms with E-state index in [4.69, 9.17) is 5.73 Å². The highest BCUT2D eigenvalue weighted by Gasteiger charge is 2.20. The van der Waals surface area contributed by atoms with Crippen molar-refractivity contribution in [1.82, 2.24) is 10.2 Å². The molecule has 1 atom stereocenters. The van der Waals surface area contributed by atoms with E-state index in [2.05, 4.69) is 21.2 Å². The highest BCUT2D eigenvalue weighted by atomic mass is 79.9. The molecule has 1 aromatic rings. The lowest BCUT2D eigenvalue weighted by molar-refractivity contribution is -0.121. The fraction of sp³-hybridized carbons (Fsp3) is 0.429. The number of halogens is 1. The number of hydrogen-bond acceptors (Lipinski definition) is 3. The van der Waals surface area contributed by atoms with Crippen molar-refractivity contribution in [3.8, 4) is 0 Å². The summed E-state index contributed by atoms with van der Waals surface area (Å²) >= 11 is 3.52. The number of benzene rings is 1. The molecular weight excluding hydrogens is 322 g/mol.